The van der Waals surface area contributed by atoms with Crippen LogP contribution < -0.4 is 11.1 Å². The Morgan fingerprint density at radius 1 is 1.29 bits per heavy atom. The fourth-order valence-corrected chi connectivity index (χ4v) is 4.14. The first kappa shape index (κ1) is 17.5. The minimum Gasteiger partial charge on any atom is -0.393 e. The number of anilines is 2. The summed E-state index contributed by atoms with van der Waals surface area (Å²) in [6, 6.07) is 4.53. The predicted octanol–water partition coefficient (Wildman–Crippen LogP) is 3.00. The summed E-state index contributed by atoms with van der Waals surface area (Å²) in [5.74, 6) is 1.46. The van der Waals surface area contributed by atoms with Crippen LogP contribution in [0.4, 0.5) is 11.6 Å². The van der Waals surface area contributed by atoms with Crippen molar-refractivity contribution in [1.29, 1.82) is 0 Å². The zero-order valence-electron chi connectivity index (χ0n) is 15.1. The normalized spacial score (nSPS) is 27.8. The smallest absolute Gasteiger partial charge is 0.128 e. The first-order chi connectivity index (χ1) is 11.4. The largest absolute Gasteiger partial charge is 0.393 e. The zero-order valence-corrected chi connectivity index (χ0v) is 15.1. The van der Waals surface area contributed by atoms with Gasteiger partial charge in [-0.15, -0.1) is 0 Å². The van der Waals surface area contributed by atoms with Gasteiger partial charge in [0.1, 0.15) is 11.6 Å². The van der Waals surface area contributed by atoms with E-state index >= 15 is 0 Å². The first-order valence-electron chi connectivity index (χ1n) is 9.33. The summed E-state index contributed by atoms with van der Waals surface area (Å²) < 4.78 is 0. The summed E-state index contributed by atoms with van der Waals surface area (Å²) >= 11 is 0. The highest BCUT2D eigenvalue weighted by atomic mass is 16.3. The van der Waals surface area contributed by atoms with E-state index in [9.17, 15) is 5.11 Å². The highest BCUT2D eigenvalue weighted by molar-refractivity contribution is 5.47. The van der Waals surface area contributed by atoms with Crippen molar-refractivity contribution < 1.29 is 5.11 Å². The van der Waals surface area contributed by atoms with Crippen LogP contribution in [0.15, 0.2) is 12.1 Å². The number of piperidine rings is 1. The van der Waals surface area contributed by atoms with Gasteiger partial charge in [0.05, 0.1) is 6.10 Å². The molecule has 3 rings (SSSR count). The van der Waals surface area contributed by atoms with E-state index in [4.69, 9.17) is 5.73 Å². The van der Waals surface area contributed by atoms with E-state index < -0.39 is 0 Å². The second-order valence-electron chi connectivity index (χ2n) is 8.41. The number of pyridine rings is 1. The molecule has 24 heavy (non-hydrogen) atoms. The SMILES string of the molecule is CC1(C)CCCN(Cc2cc(N)nc(N[C@H]3CC[C@H](O)CC3)c2)C1. The van der Waals surface area contributed by atoms with Crippen LogP contribution in [-0.2, 0) is 6.54 Å². The molecule has 2 aliphatic rings. The Hall–Kier alpha value is -1.33. The van der Waals surface area contributed by atoms with Gasteiger partial charge in [-0.2, -0.15) is 0 Å². The van der Waals surface area contributed by atoms with Crippen LogP contribution in [0.3, 0.4) is 0 Å². The summed E-state index contributed by atoms with van der Waals surface area (Å²) in [4.78, 5) is 6.98. The summed E-state index contributed by atoms with van der Waals surface area (Å²) in [5.41, 5.74) is 7.67. The van der Waals surface area contributed by atoms with E-state index in [2.05, 4.69) is 35.1 Å². The molecule has 4 N–H and O–H groups in total. The van der Waals surface area contributed by atoms with E-state index in [-0.39, 0.29) is 6.10 Å². The minimum atomic E-state index is -0.130. The topological polar surface area (TPSA) is 74.4 Å². The number of likely N-dealkylation sites (tertiary alicyclic amines) is 1. The first-order valence-corrected chi connectivity index (χ1v) is 9.33. The molecule has 1 saturated heterocycles. The van der Waals surface area contributed by atoms with Gasteiger partial charge in [0.15, 0.2) is 0 Å². The Morgan fingerprint density at radius 2 is 2.04 bits per heavy atom. The molecule has 1 aromatic heterocycles. The molecule has 1 aromatic rings. The van der Waals surface area contributed by atoms with Gasteiger partial charge in [-0.1, -0.05) is 13.8 Å². The molecule has 5 heteroatoms. The molecular weight excluding hydrogens is 300 g/mol. The van der Waals surface area contributed by atoms with E-state index in [1.807, 2.05) is 6.07 Å². The molecule has 2 fully saturated rings. The summed E-state index contributed by atoms with van der Waals surface area (Å²) in [6.07, 6.45) is 6.17. The lowest BCUT2D eigenvalue weighted by molar-refractivity contribution is 0.111. The standard InChI is InChI=1S/C19H32N4O/c1-19(2)8-3-9-23(13-19)12-14-10-17(20)22-18(11-14)21-15-4-6-16(24)7-5-15/h10-11,15-16,24H,3-9,12-13H2,1-2H3,(H3,20,21,22)/t15-,16-. The summed E-state index contributed by atoms with van der Waals surface area (Å²) in [6.45, 7) is 7.94. The van der Waals surface area contributed by atoms with Gasteiger partial charge in [-0.3, -0.25) is 4.90 Å². The number of nitrogens with zero attached hydrogens (tertiary/aromatic N) is 2. The maximum atomic E-state index is 9.64. The lowest BCUT2D eigenvalue weighted by Gasteiger charge is -2.38. The van der Waals surface area contributed by atoms with Crippen LogP contribution in [0.25, 0.3) is 0 Å². The highest BCUT2D eigenvalue weighted by Crippen LogP contribution is 2.30. The van der Waals surface area contributed by atoms with E-state index in [0.29, 0.717) is 17.3 Å². The number of hydrogen-bond donors (Lipinski definition) is 3. The third-order valence-corrected chi connectivity index (χ3v) is 5.34. The van der Waals surface area contributed by atoms with Gasteiger partial charge in [-0.05, 0) is 68.2 Å². The maximum Gasteiger partial charge on any atom is 0.128 e. The Morgan fingerprint density at radius 3 is 2.75 bits per heavy atom. The molecule has 0 aromatic carbocycles. The second kappa shape index (κ2) is 7.28. The van der Waals surface area contributed by atoms with Gasteiger partial charge in [-0.25, -0.2) is 4.98 Å². The molecule has 5 nitrogen and oxygen atoms in total. The Labute approximate surface area is 145 Å². The fraction of sp³-hybridized carbons (Fsp3) is 0.737. The van der Waals surface area contributed by atoms with Crippen LogP contribution in [0.2, 0.25) is 0 Å². The molecule has 0 unspecified atom stereocenters. The molecule has 0 amide bonds. The average molecular weight is 332 g/mol. The average Bonchev–Trinajstić information content (AvgIpc) is 2.48. The molecule has 0 bridgehead atoms. The summed E-state index contributed by atoms with van der Waals surface area (Å²) in [5, 5.41) is 13.2. The van der Waals surface area contributed by atoms with E-state index in [1.165, 1.54) is 18.4 Å². The minimum absolute atomic E-state index is 0.130. The van der Waals surface area contributed by atoms with Crippen molar-refractivity contribution in [2.75, 3.05) is 24.1 Å². The monoisotopic (exact) mass is 332 g/mol. The highest BCUT2D eigenvalue weighted by Gasteiger charge is 2.26. The van der Waals surface area contributed by atoms with Gasteiger partial charge >= 0.3 is 0 Å². The van der Waals surface area contributed by atoms with Crippen molar-refractivity contribution in [3.05, 3.63) is 17.7 Å². The predicted molar refractivity (Wildman–Crippen MR) is 98.8 cm³/mol. The van der Waals surface area contributed by atoms with Crippen LogP contribution in [0.5, 0.6) is 0 Å². The lowest BCUT2D eigenvalue weighted by Crippen LogP contribution is -2.39. The van der Waals surface area contributed by atoms with Crippen molar-refractivity contribution in [3.8, 4) is 0 Å². The number of nitrogen functional groups attached to an aromatic ring is 1. The lowest BCUT2D eigenvalue weighted by atomic mass is 9.84. The Kier molecular flexibility index (Phi) is 5.30. The molecular formula is C19H32N4O. The molecule has 1 aliphatic carbocycles. The third kappa shape index (κ3) is 4.84. The molecule has 1 aliphatic heterocycles. The van der Waals surface area contributed by atoms with Gasteiger partial charge in [0.25, 0.3) is 0 Å². The van der Waals surface area contributed by atoms with Crippen LogP contribution in [0.1, 0.15) is 57.9 Å². The van der Waals surface area contributed by atoms with E-state index in [1.54, 1.807) is 0 Å². The van der Waals surface area contributed by atoms with Crippen molar-refractivity contribution in [1.82, 2.24) is 9.88 Å². The third-order valence-electron chi connectivity index (χ3n) is 5.34. The fourth-order valence-electron chi connectivity index (χ4n) is 4.14. The van der Waals surface area contributed by atoms with Crippen molar-refractivity contribution in [3.63, 3.8) is 0 Å². The number of nitrogens with two attached hydrogens (primary N) is 1. The van der Waals surface area contributed by atoms with E-state index in [0.717, 1.165) is 51.1 Å². The van der Waals surface area contributed by atoms with Crippen LogP contribution in [0, 0.1) is 5.41 Å². The van der Waals surface area contributed by atoms with Crippen LogP contribution >= 0.6 is 0 Å². The quantitative estimate of drug-likeness (QED) is 0.790. The number of rotatable bonds is 4. The molecule has 0 spiro atoms. The maximum absolute atomic E-state index is 9.64. The van der Waals surface area contributed by atoms with Gasteiger partial charge in [0.2, 0.25) is 0 Å². The summed E-state index contributed by atoms with van der Waals surface area (Å²) in [7, 11) is 0. The molecule has 2 heterocycles. The Balaban J connectivity index is 1.63. The number of aliphatic hydroxyl groups is 1. The second-order valence-corrected chi connectivity index (χ2v) is 8.41. The molecule has 134 valence electrons. The van der Waals surface area contributed by atoms with Crippen LogP contribution in [-0.4, -0.2) is 40.2 Å². The number of aliphatic hydroxyl groups excluding tert-OH is 1. The Bertz CT molecular complexity index is 552. The number of hydrogen-bond acceptors (Lipinski definition) is 5. The van der Waals surface area contributed by atoms with Gasteiger partial charge < -0.3 is 16.2 Å². The molecule has 1 saturated carbocycles. The van der Waals surface area contributed by atoms with Gasteiger partial charge in [0, 0.05) is 19.1 Å². The zero-order chi connectivity index (χ0) is 17.2. The van der Waals surface area contributed by atoms with Crippen molar-refractivity contribution >= 4 is 11.6 Å². The molecule has 0 atom stereocenters. The van der Waals surface area contributed by atoms with Crippen molar-refractivity contribution in [2.24, 2.45) is 5.41 Å². The molecule has 0 radical (unpaired) electrons. The van der Waals surface area contributed by atoms with Crippen molar-refractivity contribution in [2.45, 2.75) is 71.1 Å². The number of aromatic nitrogens is 1. The number of nitrogens with one attached hydrogen (secondary N) is 1.